The maximum atomic E-state index is 12.6. The van der Waals surface area contributed by atoms with Crippen molar-refractivity contribution in [1.29, 1.82) is 0 Å². The third-order valence-corrected chi connectivity index (χ3v) is 4.72. The zero-order chi connectivity index (χ0) is 20.8. The van der Waals surface area contributed by atoms with Crippen molar-refractivity contribution >= 4 is 23.6 Å². The zero-order valence-corrected chi connectivity index (χ0v) is 17.1. The topological polar surface area (TPSA) is 76.7 Å². The van der Waals surface area contributed by atoms with E-state index in [1.807, 2.05) is 49.4 Å². The summed E-state index contributed by atoms with van der Waals surface area (Å²) in [4.78, 5) is 24.7. The molecular weight excluding hydrogens is 392 g/mol. The molecule has 1 atom stereocenters. The van der Waals surface area contributed by atoms with E-state index in [0.29, 0.717) is 35.1 Å². The SMILES string of the molecule is CCOC(=O)C1=C(CC)NC(=O)NC1c1cccc(OCc2cccc(Cl)c2)c1. The minimum absolute atomic E-state index is 0.253. The van der Waals surface area contributed by atoms with E-state index >= 15 is 0 Å². The van der Waals surface area contributed by atoms with Crippen molar-refractivity contribution in [2.75, 3.05) is 6.61 Å². The minimum Gasteiger partial charge on any atom is -0.489 e. The lowest BCUT2D eigenvalue weighted by molar-refractivity contribution is -0.139. The predicted octanol–water partition coefficient (Wildman–Crippen LogP) is 4.50. The van der Waals surface area contributed by atoms with Crippen LogP contribution in [0.2, 0.25) is 5.02 Å². The van der Waals surface area contributed by atoms with E-state index < -0.39 is 12.0 Å². The van der Waals surface area contributed by atoms with E-state index in [1.165, 1.54) is 0 Å². The van der Waals surface area contributed by atoms with Crippen LogP contribution in [-0.4, -0.2) is 18.6 Å². The molecule has 6 nitrogen and oxygen atoms in total. The Hall–Kier alpha value is -2.99. The van der Waals surface area contributed by atoms with Crippen LogP contribution in [0.3, 0.4) is 0 Å². The Morgan fingerprint density at radius 1 is 1.14 bits per heavy atom. The molecule has 0 saturated carbocycles. The number of amides is 2. The summed E-state index contributed by atoms with van der Waals surface area (Å²) in [5.74, 6) is 0.170. The van der Waals surface area contributed by atoms with Crippen molar-refractivity contribution in [2.45, 2.75) is 32.9 Å². The number of halogens is 1. The highest BCUT2D eigenvalue weighted by molar-refractivity contribution is 6.30. The van der Waals surface area contributed by atoms with E-state index in [4.69, 9.17) is 21.1 Å². The lowest BCUT2D eigenvalue weighted by Crippen LogP contribution is -2.45. The molecule has 0 radical (unpaired) electrons. The van der Waals surface area contributed by atoms with Gasteiger partial charge in [0, 0.05) is 10.7 Å². The fourth-order valence-electron chi connectivity index (χ4n) is 3.17. The Balaban J connectivity index is 1.87. The molecule has 0 spiro atoms. The summed E-state index contributed by atoms with van der Waals surface area (Å²) < 4.78 is 11.1. The zero-order valence-electron chi connectivity index (χ0n) is 16.3. The van der Waals surface area contributed by atoms with Crippen LogP contribution >= 0.6 is 11.6 Å². The number of allylic oxidation sites excluding steroid dienone is 1. The third-order valence-electron chi connectivity index (χ3n) is 4.49. The monoisotopic (exact) mass is 414 g/mol. The predicted molar refractivity (Wildman–Crippen MR) is 111 cm³/mol. The smallest absolute Gasteiger partial charge is 0.338 e. The van der Waals surface area contributed by atoms with Gasteiger partial charge in [-0.3, -0.25) is 0 Å². The van der Waals surface area contributed by atoms with Gasteiger partial charge in [0.2, 0.25) is 0 Å². The number of nitrogens with one attached hydrogen (secondary N) is 2. The molecule has 152 valence electrons. The lowest BCUT2D eigenvalue weighted by Gasteiger charge is -2.29. The lowest BCUT2D eigenvalue weighted by atomic mass is 9.94. The summed E-state index contributed by atoms with van der Waals surface area (Å²) in [6, 6.07) is 13.8. The Morgan fingerprint density at radius 2 is 1.93 bits per heavy atom. The minimum atomic E-state index is -0.618. The van der Waals surface area contributed by atoms with Gasteiger partial charge in [-0.05, 0) is 48.7 Å². The van der Waals surface area contributed by atoms with Gasteiger partial charge in [-0.1, -0.05) is 42.8 Å². The summed E-state index contributed by atoms with van der Waals surface area (Å²) >= 11 is 6.02. The Labute approximate surface area is 174 Å². The van der Waals surface area contributed by atoms with E-state index in [0.717, 1.165) is 11.1 Å². The van der Waals surface area contributed by atoms with Crippen molar-refractivity contribution in [1.82, 2.24) is 10.6 Å². The summed E-state index contributed by atoms with van der Waals surface area (Å²) in [5, 5.41) is 6.17. The quantitative estimate of drug-likeness (QED) is 0.654. The average molecular weight is 415 g/mol. The number of urea groups is 1. The van der Waals surface area contributed by atoms with Crippen LogP contribution in [0.25, 0.3) is 0 Å². The molecule has 0 bridgehead atoms. The van der Waals surface area contributed by atoms with Gasteiger partial charge in [-0.25, -0.2) is 9.59 Å². The van der Waals surface area contributed by atoms with Crippen molar-refractivity contribution in [3.63, 3.8) is 0 Å². The van der Waals surface area contributed by atoms with Crippen molar-refractivity contribution in [2.24, 2.45) is 0 Å². The maximum absolute atomic E-state index is 12.6. The molecule has 0 aliphatic carbocycles. The second-order valence-electron chi connectivity index (χ2n) is 6.49. The van der Waals surface area contributed by atoms with Crippen LogP contribution in [-0.2, 0) is 16.1 Å². The standard InChI is InChI=1S/C22H23ClN2O4/c1-3-18-19(21(26)28-4-2)20(25-22(27)24-18)15-8-6-10-17(12-15)29-13-14-7-5-9-16(23)11-14/h5-12,20H,3-4,13H2,1-2H3,(H2,24,25,27). The molecule has 0 fully saturated rings. The highest BCUT2D eigenvalue weighted by Gasteiger charge is 2.33. The number of carbonyl (C=O) groups excluding carboxylic acids is 2. The number of benzene rings is 2. The van der Waals surface area contributed by atoms with E-state index in [2.05, 4.69) is 10.6 Å². The van der Waals surface area contributed by atoms with Gasteiger partial charge in [0.1, 0.15) is 12.4 Å². The van der Waals surface area contributed by atoms with Crippen molar-refractivity contribution in [3.05, 3.63) is 76.0 Å². The first kappa shape index (κ1) is 20.7. The number of carbonyl (C=O) groups is 2. The number of ether oxygens (including phenoxy) is 2. The fraction of sp³-hybridized carbons (Fsp3) is 0.273. The van der Waals surface area contributed by atoms with Gasteiger partial charge in [0.05, 0.1) is 18.2 Å². The first-order valence-corrected chi connectivity index (χ1v) is 9.84. The largest absolute Gasteiger partial charge is 0.489 e. The van der Waals surface area contributed by atoms with Crippen LogP contribution in [0.4, 0.5) is 4.79 Å². The van der Waals surface area contributed by atoms with Gasteiger partial charge >= 0.3 is 12.0 Å². The maximum Gasteiger partial charge on any atom is 0.338 e. The fourth-order valence-corrected chi connectivity index (χ4v) is 3.39. The van der Waals surface area contributed by atoms with Gasteiger partial charge in [-0.2, -0.15) is 0 Å². The van der Waals surface area contributed by atoms with Gasteiger partial charge in [0.25, 0.3) is 0 Å². The van der Waals surface area contributed by atoms with Gasteiger partial charge < -0.3 is 20.1 Å². The van der Waals surface area contributed by atoms with E-state index in [9.17, 15) is 9.59 Å². The summed E-state index contributed by atoms with van der Waals surface area (Å²) in [6.07, 6.45) is 0.503. The first-order chi connectivity index (χ1) is 14.0. The van der Waals surface area contributed by atoms with Crippen LogP contribution in [0.15, 0.2) is 59.8 Å². The molecule has 2 aromatic rings. The number of hydrogen-bond acceptors (Lipinski definition) is 4. The summed E-state index contributed by atoms with van der Waals surface area (Å²) in [7, 11) is 0. The Kier molecular flexibility index (Phi) is 6.77. The molecule has 3 rings (SSSR count). The van der Waals surface area contributed by atoms with Crippen LogP contribution in [0.1, 0.15) is 37.4 Å². The molecule has 0 saturated heterocycles. The molecule has 0 aromatic heterocycles. The second kappa shape index (κ2) is 9.47. The molecular formula is C22H23ClN2O4. The van der Waals surface area contributed by atoms with Crippen molar-refractivity contribution < 1.29 is 19.1 Å². The van der Waals surface area contributed by atoms with Crippen LogP contribution < -0.4 is 15.4 Å². The molecule has 1 aliphatic rings. The van der Waals surface area contributed by atoms with Gasteiger partial charge in [-0.15, -0.1) is 0 Å². The highest BCUT2D eigenvalue weighted by Crippen LogP contribution is 2.31. The third kappa shape index (κ3) is 5.09. The Bertz CT molecular complexity index is 942. The summed E-state index contributed by atoms with van der Waals surface area (Å²) in [5.41, 5.74) is 2.64. The average Bonchev–Trinajstić information content (AvgIpc) is 2.72. The molecule has 1 aliphatic heterocycles. The van der Waals surface area contributed by atoms with Crippen molar-refractivity contribution in [3.8, 4) is 5.75 Å². The van der Waals surface area contributed by atoms with Crippen LogP contribution in [0.5, 0.6) is 5.75 Å². The molecule has 1 unspecified atom stereocenters. The molecule has 2 amide bonds. The molecule has 29 heavy (non-hydrogen) atoms. The number of esters is 1. The first-order valence-electron chi connectivity index (χ1n) is 9.46. The molecule has 7 heteroatoms. The highest BCUT2D eigenvalue weighted by atomic mass is 35.5. The van der Waals surface area contributed by atoms with Gasteiger partial charge in [0.15, 0.2) is 0 Å². The van der Waals surface area contributed by atoms with E-state index in [-0.39, 0.29) is 12.6 Å². The van der Waals surface area contributed by atoms with E-state index in [1.54, 1.807) is 13.0 Å². The normalized spacial score (nSPS) is 16.1. The summed E-state index contributed by atoms with van der Waals surface area (Å²) in [6.45, 7) is 4.23. The van der Waals surface area contributed by atoms with Crippen LogP contribution in [0, 0.1) is 0 Å². The molecule has 2 aromatic carbocycles. The number of rotatable bonds is 7. The molecule has 1 heterocycles. The Morgan fingerprint density at radius 3 is 2.66 bits per heavy atom. The second-order valence-corrected chi connectivity index (χ2v) is 6.93. The molecule has 2 N–H and O–H groups in total. The number of hydrogen-bond donors (Lipinski definition) is 2.